The molecule has 1 N–H and O–H groups in total. The molecule has 1 aliphatic heterocycles. The molecule has 0 unspecified atom stereocenters. The zero-order chi connectivity index (χ0) is 22.5. The minimum absolute atomic E-state index is 0.00509. The van der Waals surface area contributed by atoms with E-state index in [-0.39, 0.29) is 12.5 Å². The highest BCUT2D eigenvalue weighted by Crippen LogP contribution is 2.24. The first-order valence-corrected chi connectivity index (χ1v) is 11.4. The van der Waals surface area contributed by atoms with Crippen molar-refractivity contribution in [2.24, 2.45) is 10.9 Å². The molecule has 8 nitrogen and oxygen atoms in total. The molecule has 0 radical (unpaired) electrons. The van der Waals surface area contributed by atoms with Gasteiger partial charge >= 0.3 is 0 Å². The number of likely N-dealkylation sites (N-methyl/N-ethyl adjacent to an activating group) is 1. The molecule has 0 bridgehead atoms. The van der Waals surface area contributed by atoms with Crippen LogP contribution < -0.4 is 10.2 Å². The fourth-order valence-corrected chi connectivity index (χ4v) is 3.63. The van der Waals surface area contributed by atoms with Crippen molar-refractivity contribution in [2.75, 3.05) is 72.0 Å². The Bertz CT molecular complexity index is 659. The summed E-state index contributed by atoms with van der Waals surface area (Å²) < 4.78 is 5.41. The van der Waals surface area contributed by atoms with Crippen molar-refractivity contribution in [3.8, 4) is 0 Å². The Morgan fingerprint density at radius 1 is 1.26 bits per heavy atom. The Kier molecular flexibility index (Phi) is 11.1. The Balaban J connectivity index is 1.80. The van der Waals surface area contributed by atoms with Gasteiger partial charge in [0, 0.05) is 78.6 Å². The monoisotopic (exact) mass is 432 g/mol. The normalized spacial score (nSPS) is 15.1. The number of rotatable bonds is 11. The minimum atomic E-state index is 0.00509. The van der Waals surface area contributed by atoms with E-state index in [1.165, 1.54) is 18.5 Å². The number of guanidine groups is 1. The molecule has 1 saturated heterocycles. The van der Waals surface area contributed by atoms with E-state index in [0.717, 1.165) is 58.2 Å². The topological polar surface area (TPSA) is 73.3 Å². The highest BCUT2D eigenvalue weighted by molar-refractivity contribution is 5.84. The van der Waals surface area contributed by atoms with Gasteiger partial charge in [0.25, 0.3) is 0 Å². The van der Waals surface area contributed by atoms with Crippen molar-refractivity contribution in [2.45, 2.75) is 32.6 Å². The van der Waals surface area contributed by atoms with Gasteiger partial charge in [0.05, 0.1) is 0 Å². The molecule has 1 aliphatic rings. The van der Waals surface area contributed by atoms with Crippen LogP contribution in [0, 0.1) is 5.92 Å². The average Bonchev–Trinajstić information content (AvgIpc) is 2.80. The van der Waals surface area contributed by atoms with E-state index in [1.54, 1.807) is 19.0 Å². The van der Waals surface area contributed by atoms with E-state index >= 15 is 0 Å². The van der Waals surface area contributed by atoms with Crippen LogP contribution in [0.15, 0.2) is 29.5 Å². The van der Waals surface area contributed by atoms with Gasteiger partial charge in [-0.25, -0.2) is 4.99 Å². The van der Waals surface area contributed by atoms with Crippen molar-refractivity contribution in [3.05, 3.63) is 24.5 Å². The lowest BCUT2D eigenvalue weighted by atomic mass is 9.93. The molecular weight excluding hydrogens is 392 g/mol. The number of carbonyl (C=O) groups excluding carboxylic acids is 1. The van der Waals surface area contributed by atoms with Gasteiger partial charge in [0.1, 0.15) is 6.54 Å². The van der Waals surface area contributed by atoms with Crippen LogP contribution in [-0.4, -0.2) is 93.7 Å². The molecule has 2 heterocycles. The third-order valence-corrected chi connectivity index (χ3v) is 5.69. The Morgan fingerprint density at radius 2 is 1.97 bits per heavy atom. The zero-order valence-corrected chi connectivity index (χ0v) is 19.7. The van der Waals surface area contributed by atoms with Gasteiger partial charge in [-0.15, -0.1) is 0 Å². The van der Waals surface area contributed by atoms with Gasteiger partial charge in [0.2, 0.25) is 5.91 Å². The average molecular weight is 433 g/mol. The summed E-state index contributed by atoms with van der Waals surface area (Å²) in [4.78, 5) is 26.8. The number of aliphatic imine (C=N–C) groups is 1. The van der Waals surface area contributed by atoms with Gasteiger partial charge in [-0.3, -0.25) is 9.78 Å². The van der Waals surface area contributed by atoms with Gasteiger partial charge < -0.3 is 24.8 Å². The van der Waals surface area contributed by atoms with E-state index < -0.39 is 0 Å². The molecule has 0 aliphatic carbocycles. The fourth-order valence-electron chi connectivity index (χ4n) is 3.63. The zero-order valence-electron chi connectivity index (χ0n) is 19.7. The second kappa shape index (κ2) is 13.9. The van der Waals surface area contributed by atoms with Crippen molar-refractivity contribution in [1.29, 1.82) is 0 Å². The third-order valence-electron chi connectivity index (χ3n) is 5.69. The predicted molar refractivity (Wildman–Crippen MR) is 127 cm³/mol. The number of hydrogen-bond acceptors (Lipinski definition) is 5. The molecule has 2 rings (SSSR count). The first-order chi connectivity index (χ1) is 15.0. The Hall–Kier alpha value is -2.35. The molecule has 1 aromatic rings. The summed E-state index contributed by atoms with van der Waals surface area (Å²) in [6, 6.07) is 4.17. The van der Waals surface area contributed by atoms with E-state index in [9.17, 15) is 4.79 Å². The number of nitrogens with zero attached hydrogens (tertiary/aromatic N) is 5. The quantitative estimate of drug-likeness (QED) is 0.328. The molecular formula is C23H40N6O2. The molecule has 1 amide bonds. The molecule has 31 heavy (non-hydrogen) atoms. The van der Waals surface area contributed by atoms with Gasteiger partial charge in [-0.05, 0) is 50.7 Å². The Labute approximate surface area is 187 Å². The molecule has 0 atom stereocenters. The molecule has 8 heteroatoms. The largest absolute Gasteiger partial charge is 0.382 e. The van der Waals surface area contributed by atoms with E-state index in [0.29, 0.717) is 5.92 Å². The SMILES string of the molecule is CCOCCCNC(=NCC(=O)N(C)C)N(C)CCC1CCN(c2ccncc2)CC1. The second-order valence-corrected chi connectivity index (χ2v) is 8.25. The van der Waals surface area contributed by atoms with E-state index in [2.05, 4.69) is 44.3 Å². The van der Waals surface area contributed by atoms with Gasteiger partial charge in [-0.1, -0.05) is 0 Å². The lowest BCUT2D eigenvalue weighted by molar-refractivity contribution is -0.127. The summed E-state index contributed by atoms with van der Waals surface area (Å²) >= 11 is 0. The van der Waals surface area contributed by atoms with Crippen molar-refractivity contribution < 1.29 is 9.53 Å². The molecule has 0 spiro atoms. The number of ether oxygens (including phenoxy) is 1. The first kappa shape index (κ1) is 24.9. The summed E-state index contributed by atoms with van der Waals surface area (Å²) in [5.41, 5.74) is 1.27. The number of carbonyl (C=O) groups is 1. The van der Waals surface area contributed by atoms with Crippen LogP contribution in [-0.2, 0) is 9.53 Å². The summed E-state index contributed by atoms with van der Waals surface area (Å²) in [6.07, 6.45) is 8.16. The van der Waals surface area contributed by atoms with Crippen LogP contribution in [0.1, 0.15) is 32.6 Å². The van der Waals surface area contributed by atoms with Crippen LogP contribution >= 0.6 is 0 Å². The molecule has 0 saturated carbocycles. The first-order valence-electron chi connectivity index (χ1n) is 11.4. The maximum absolute atomic E-state index is 12.0. The summed E-state index contributed by atoms with van der Waals surface area (Å²) in [6.45, 7) is 7.51. The number of amides is 1. The number of anilines is 1. The number of hydrogen-bond donors (Lipinski definition) is 1. The summed E-state index contributed by atoms with van der Waals surface area (Å²) in [7, 11) is 5.57. The predicted octanol–water partition coefficient (Wildman–Crippen LogP) is 2.08. The standard InChI is InChI=1S/C23H40N6O2/c1-5-31-18-6-12-25-23(26-19-22(30)27(2)3)28(4)15-9-20-10-16-29(17-11-20)21-7-13-24-14-8-21/h7-8,13-14,20H,5-6,9-12,15-19H2,1-4H3,(H,25,26). The number of nitrogens with one attached hydrogen (secondary N) is 1. The summed E-state index contributed by atoms with van der Waals surface area (Å²) in [5, 5.41) is 3.40. The highest BCUT2D eigenvalue weighted by atomic mass is 16.5. The highest BCUT2D eigenvalue weighted by Gasteiger charge is 2.20. The maximum atomic E-state index is 12.0. The van der Waals surface area contributed by atoms with Crippen molar-refractivity contribution >= 4 is 17.6 Å². The van der Waals surface area contributed by atoms with Crippen molar-refractivity contribution in [1.82, 2.24) is 20.1 Å². The van der Waals surface area contributed by atoms with Crippen LogP contribution in [0.5, 0.6) is 0 Å². The maximum Gasteiger partial charge on any atom is 0.243 e. The smallest absolute Gasteiger partial charge is 0.243 e. The van der Waals surface area contributed by atoms with E-state index in [4.69, 9.17) is 4.74 Å². The number of piperidine rings is 1. The van der Waals surface area contributed by atoms with E-state index in [1.807, 2.05) is 19.3 Å². The van der Waals surface area contributed by atoms with Crippen LogP contribution in [0.2, 0.25) is 0 Å². The van der Waals surface area contributed by atoms with Crippen LogP contribution in [0.4, 0.5) is 5.69 Å². The molecule has 1 fully saturated rings. The van der Waals surface area contributed by atoms with Crippen LogP contribution in [0.25, 0.3) is 0 Å². The second-order valence-electron chi connectivity index (χ2n) is 8.25. The minimum Gasteiger partial charge on any atom is -0.382 e. The number of pyridine rings is 1. The van der Waals surface area contributed by atoms with Crippen molar-refractivity contribution in [3.63, 3.8) is 0 Å². The van der Waals surface area contributed by atoms with Gasteiger partial charge in [-0.2, -0.15) is 0 Å². The summed E-state index contributed by atoms with van der Waals surface area (Å²) in [5.74, 6) is 1.51. The van der Waals surface area contributed by atoms with Crippen LogP contribution in [0.3, 0.4) is 0 Å². The Morgan fingerprint density at radius 3 is 2.61 bits per heavy atom. The lowest BCUT2D eigenvalue weighted by Gasteiger charge is -2.34. The molecule has 1 aromatic heterocycles. The molecule has 174 valence electrons. The molecule has 0 aromatic carbocycles. The third kappa shape index (κ3) is 9.12. The fraction of sp³-hybridized carbons (Fsp3) is 0.696. The number of aromatic nitrogens is 1. The van der Waals surface area contributed by atoms with Gasteiger partial charge in [0.15, 0.2) is 5.96 Å². The lowest BCUT2D eigenvalue weighted by Crippen LogP contribution is -2.42.